The SMILES string of the molecule is Cc1cc([N+](=O)[O-])ccc1N/C=C(/C#N)c1nc(-c2cc3c(ccc4ccccc43)oc2=O)cs1. The van der Waals surface area contributed by atoms with Gasteiger partial charge >= 0.3 is 5.63 Å². The molecule has 0 saturated heterocycles. The first-order valence-corrected chi connectivity index (χ1v) is 11.4. The topological polar surface area (TPSA) is 122 Å². The molecule has 8 nitrogen and oxygen atoms in total. The van der Waals surface area contributed by atoms with Crippen LogP contribution < -0.4 is 10.9 Å². The molecule has 0 unspecified atom stereocenters. The minimum atomic E-state index is -0.508. The number of nitro benzene ring substituents is 1. The van der Waals surface area contributed by atoms with Gasteiger partial charge in [0.05, 0.1) is 16.2 Å². The molecular weight excluding hydrogens is 464 g/mol. The molecule has 1 N–H and O–H groups in total. The van der Waals surface area contributed by atoms with Gasteiger partial charge in [0.1, 0.15) is 22.2 Å². The number of aromatic nitrogens is 1. The summed E-state index contributed by atoms with van der Waals surface area (Å²) >= 11 is 1.23. The fourth-order valence-electron chi connectivity index (χ4n) is 3.79. The zero-order chi connectivity index (χ0) is 24.5. The van der Waals surface area contributed by atoms with Crippen molar-refractivity contribution in [3.05, 3.63) is 103 Å². The maximum atomic E-state index is 12.7. The number of allylic oxidation sites excluding steroid dienone is 1. The molecule has 170 valence electrons. The van der Waals surface area contributed by atoms with Gasteiger partial charge in [-0.05, 0) is 41.5 Å². The van der Waals surface area contributed by atoms with Crippen LogP contribution in [0.5, 0.6) is 0 Å². The number of nitrogens with one attached hydrogen (secondary N) is 1. The molecule has 0 aliphatic heterocycles. The predicted octanol–water partition coefficient (Wildman–Crippen LogP) is 6.26. The number of nitro groups is 1. The summed E-state index contributed by atoms with van der Waals surface area (Å²) in [5.74, 6) is 0. The Bertz CT molecular complexity index is 1760. The predicted molar refractivity (Wildman–Crippen MR) is 136 cm³/mol. The Morgan fingerprint density at radius 2 is 2.00 bits per heavy atom. The highest BCUT2D eigenvalue weighted by Gasteiger charge is 2.15. The smallest absolute Gasteiger partial charge is 0.345 e. The number of aryl methyl sites for hydroxylation is 1. The summed E-state index contributed by atoms with van der Waals surface area (Å²) in [6, 6.07) is 19.8. The second-order valence-electron chi connectivity index (χ2n) is 7.75. The standard InChI is InChI=1S/C26H16N4O4S/c1-15-10-18(30(32)33)7-8-22(15)28-13-17(12-27)25-29-23(14-35-25)21-11-20-19-5-3-2-4-16(19)6-9-24(20)34-26(21)31/h2-11,13-14,28H,1H3/b17-13-. The second kappa shape index (κ2) is 8.85. The van der Waals surface area contributed by atoms with E-state index in [0.29, 0.717) is 33.1 Å². The molecule has 9 heteroatoms. The van der Waals surface area contributed by atoms with Gasteiger partial charge in [0.15, 0.2) is 0 Å². The highest BCUT2D eigenvalue weighted by molar-refractivity contribution is 7.11. The third-order valence-electron chi connectivity index (χ3n) is 5.57. The third-order valence-corrected chi connectivity index (χ3v) is 6.44. The van der Waals surface area contributed by atoms with Gasteiger partial charge in [0, 0.05) is 34.8 Å². The van der Waals surface area contributed by atoms with Crippen molar-refractivity contribution in [3.63, 3.8) is 0 Å². The van der Waals surface area contributed by atoms with Crippen molar-refractivity contribution in [1.29, 1.82) is 5.26 Å². The normalized spacial score (nSPS) is 11.5. The quantitative estimate of drug-likeness (QED) is 0.103. The van der Waals surface area contributed by atoms with E-state index in [4.69, 9.17) is 4.42 Å². The number of hydrogen-bond acceptors (Lipinski definition) is 8. The van der Waals surface area contributed by atoms with Crippen LogP contribution in [0.25, 0.3) is 38.6 Å². The molecule has 0 radical (unpaired) electrons. The van der Waals surface area contributed by atoms with E-state index in [1.54, 1.807) is 30.5 Å². The van der Waals surface area contributed by atoms with Gasteiger partial charge in [0.25, 0.3) is 5.69 Å². The van der Waals surface area contributed by atoms with Gasteiger partial charge in [-0.25, -0.2) is 9.78 Å². The number of nitriles is 1. The lowest BCUT2D eigenvalue weighted by molar-refractivity contribution is -0.384. The van der Waals surface area contributed by atoms with E-state index in [1.807, 2.05) is 30.3 Å². The van der Waals surface area contributed by atoms with Crippen molar-refractivity contribution in [2.45, 2.75) is 6.92 Å². The highest BCUT2D eigenvalue weighted by Crippen LogP contribution is 2.30. The summed E-state index contributed by atoms with van der Waals surface area (Å²) in [5.41, 5.74) is 2.25. The summed E-state index contributed by atoms with van der Waals surface area (Å²) in [6.45, 7) is 1.74. The van der Waals surface area contributed by atoms with Gasteiger partial charge in [-0.2, -0.15) is 5.26 Å². The lowest BCUT2D eigenvalue weighted by Crippen LogP contribution is -2.03. The van der Waals surface area contributed by atoms with Gasteiger partial charge in [-0.3, -0.25) is 10.1 Å². The number of benzene rings is 3. The molecule has 0 bridgehead atoms. The van der Waals surface area contributed by atoms with E-state index < -0.39 is 10.5 Å². The van der Waals surface area contributed by atoms with Crippen molar-refractivity contribution in [2.75, 3.05) is 5.32 Å². The van der Waals surface area contributed by atoms with Crippen molar-refractivity contribution < 1.29 is 9.34 Å². The van der Waals surface area contributed by atoms with Crippen molar-refractivity contribution in [3.8, 4) is 17.3 Å². The van der Waals surface area contributed by atoms with Crippen LogP contribution in [0, 0.1) is 28.4 Å². The first-order valence-electron chi connectivity index (χ1n) is 10.5. The molecular formula is C26H16N4O4S. The summed E-state index contributed by atoms with van der Waals surface area (Å²) in [4.78, 5) is 27.7. The monoisotopic (exact) mass is 480 g/mol. The van der Waals surface area contributed by atoms with E-state index in [1.165, 1.54) is 29.7 Å². The Hall–Kier alpha value is -4.81. The van der Waals surface area contributed by atoms with Crippen LogP contribution in [-0.2, 0) is 0 Å². The van der Waals surface area contributed by atoms with Crippen molar-refractivity contribution in [2.24, 2.45) is 0 Å². The average molecular weight is 481 g/mol. The number of anilines is 1. The molecule has 0 amide bonds. The van der Waals surface area contributed by atoms with E-state index in [2.05, 4.69) is 16.4 Å². The molecule has 3 aromatic carbocycles. The fraction of sp³-hybridized carbons (Fsp3) is 0.0385. The van der Waals surface area contributed by atoms with E-state index in [0.717, 1.165) is 16.2 Å². The molecule has 0 aliphatic rings. The minimum absolute atomic E-state index is 0.0101. The second-order valence-corrected chi connectivity index (χ2v) is 8.61. The van der Waals surface area contributed by atoms with Crippen LogP contribution in [0.2, 0.25) is 0 Å². The lowest BCUT2D eigenvalue weighted by Gasteiger charge is -2.05. The third kappa shape index (κ3) is 4.14. The Morgan fingerprint density at radius 1 is 1.17 bits per heavy atom. The maximum absolute atomic E-state index is 12.7. The van der Waals surface area contributed by atoms with Gasteiger partial charge in [-0.1, -0.05) is 30.3 Å². The van der Waals surface area contributed by atoms with E-state index in [-0.39, 0.29) is 11.3 Å². The molecule has 0 aliphatic carbocycles. The van der Waals surface area contributed by atoms with Gasteiger partial charge < -0.3 is 9.73 Å². The molecule has 5 rings (SSSR count). The van der Waals surface area contributed by atoms with Crippen LogP contribution in [0.3, 0.4) is 0 Å². The lowest BCUT2D eigenvalue weighted by atomic mass is 10.0. The summed E-state index contributed by atoms with van der Waals surface area (Å²) in [7, 11) is 0. The van der Waals surface area contributed by atoms with Crippen LogP contribution in [-0.4, -0.2) is 9.91 Å². The number of non-ortho nitro benzene ring substituents is 1. The molecule has 2 heterocycles. The van der Waals surface area contributed by atoms with Crippen LogP contribution in [0.15, 0.2) is 81.5 Å². The summed E-state index contributed by atoms with van der Waals surface area (Å²) < 4.78 is 5.57. The molecule has 2 aromatic heterocycles. The average Bonchev–Trinajstić information content (AvgIpc) is 3.34. The van der Waals surface area contributed by atoms with Gasteiger partial charge in [-0.15, -0.1) is 11.3 Å². The highest BCUT2D eigenvalue weighted by atomic mass is 32.1. The largest absolute Gasteiger partial charge is 0.422 e. The Kier molecular flexibility index (Phi) is 5.57. The number of thiazole rings is 1. The number of rotatable bonds is 5. The van der Waals surface area contributed by atoms with Crippen LogP contribution in [0.1, 0.15) is 10.6 Å². The summed E-state index contributed by atoms with van der Waals surface area (Å²) in [6.07, 6.45) is 1.49. The Labute approximate surface area is 202 Å². The summed E-state index contributed by atoms with van der Waals surface area (Å²) in [5, 5.41) is 28.6. The fourth-order valence-corrected chi connectivity index (χ4v) is 4.57. The van der Waals surface area contributed by atoms with Crippen LogP contribution >= 0.6 is 11.3 Å². The Balaban J connectivity index is 1.50. The molecule has 5 aromatic rings. The van der Waals surface area contributed by atoms with Crippen molar-refractivity contribution >= 4 is 50.0 Å². The van der Waals surface area contributed by atoms with E-state index >= 15 is 0 Å². The van der Waals surface area contributed by atoms with E-state index in [9.17, 15) is 20.2 Å². The molecule has 0 fully saturated rings. The first kappa shape index (κ1) is 22.0. The molecule has 35 heavy (non-hydrogen) atoms. The van der Waals surface area contributed by atoms with Gasteiger partial charge in [0.2, 0.25) is 0 Å². The molecule has 0 spiro atoms. The number of nitrogens with zero attached hydrogens (tertiary/aromatic N) is 3. The number of hydrogen-bond donors (Lipinski definition) is 1. The van der Waals surface area contributed by atoms with Crippen molar-refractivity contribution in [1.82, 2.24) is 4.98 Å². The van der Waals surface area contributed by atoms with Crippen LogP contribution in [0.4, 0.5) is 11.4 Å². The zero-order valence-corrected chi connectivity index (χ0v) is 19.1. The molecule has 0 saturated carbocycles. The minimum Gasteiger partial charge on any atom is -0.422 e. The zero-order valence-electron chi connectivity index (χ0n) is 18.3. The molecule has 0 atom stereocenters. The first-order chi connectivity index (χ1) is 16.9. The number of fused-ring (bicyclic) bond motifs is 3. The maximum Gasteiger partial charge on any atom is 0.345 e. The Morgan fingerprint density at radius 3 is 2.77 bits per heavy atom.